The summed E-state index contributed by atoms with van der Waals surface area (Å²) < 4.78 is 45.5. The van der Waals surface area contributed by atoms with Crippen LogP contribution in [0.3, 0.4) is 0 Å². The van der Waals surface area contributed by atoms with Gasteiger partial charge in [0.25, 0.3) is 5.91 Å². The number of hydrogen-bond donors (Lipinski definition) is 2. The Morgan fingerprint density at radius 2 is 1.70 bits per heavy atom. The van der Waals surface area contributed by atoms with E-state index in [-0.39, 0.29) is 23.5 Å². The Kier molecular flexibility index (Phi) is 5.62. The minimum Gasteiger partial charge on any atom is -0.469 e. The summed E-state index contributed by atoms with van der Waals surface area (Å²) in [5.41, 5.74) is 6.53. The summed E-state index contributed by atoms with van der Waals surface area (Å²) >= 11 is 0. The van der Waals surface area contributed by atoms with Crippen molar-refractivity contribution in [3.8, 4) is 16.9 Å². The standard InChI is InChI=1S/C20H20F3N3O4/c1-29-18(28)19(8-9-19)11-26(25)17(27)15-10-13(4-7-16(15)24)12-2-5-14(6-3-12)30-20(21,22)23/h2-7,10H,8-9,11,24-25H2,1H3. The topological polar surface area (TPSA) is 108 Å². The molecule has 160 valence electrons. The van der Waals surface area contributed by atoms with Crippen LogP contribution in [0.5, 0.6) is 5.75 Å². The molecular weight excluding hydrogens is 403 g/mol. The van der Waals surface area contributed by atoms with Gasteiger partial charge in [0.15, 0.2) is 0 Å². The number of benzene rings is 2. The van der Waals surface area contributed by atoms with E-state index in [0.717, 1.165) is 5.01 Å². The number of nitrogens with zero attached hydrogens (tertiary/aromatic N) is 1. The van der Waals surface area contributed by atoms with Gasteiger partial charge in [0.05, 0.1) is 24.6 Å². The maximum Gasteiger partial charge on any atom is 0.573 e. The van der Waals surface area contributed by atoms with Crippen LogP contribution in [0.1, 0.15) is 23.2 Å². The average Bonchev–Trinajstić information content (AvgIpc) is 3.47. The van der Waals surface area contributed by atoms with Crippen LogP contribution in [0, 0.1) is 5.41 Å². The van der Waals surface area contributed by atoms with Crippen molar-refractivity contribution in [2.24, 2.45) is 11.3 Å². The Bertz CT molecular complexity index is 957. The van der Waals surface area contributed by atoms with Crippen molar-refractivity contribution in [2.75, 3.05) is 19.4 Å². The molecule has 30 heavy (non-hydrogen) atoms. The molecule has 1 amide bonds. The first-order valence-electron chi connectivity index (χ1n) is 8.95. The number of carbonyl (C=O) groups is 2. The van der Waals surface area contributed by atoms with Gasteiger partial charge < -0.3 is 15.2 Å². The summed E-state index contributed by atoms with van der Waals surface area (Å²) in [4.78, 5) is 24.7. The van der Waals surface area contributed by atoms with Crippen molar-refractivity contribution < 1.29 is 32.2 Å². The molecule has 0 radical (unpaired) electrons. The van der Waals surface area contributed by atoms with Crippen LogP contribution in [0.2, 0.25) is 0 Å². The quantitative estimate of drug-likeness (QED) is 0.243. The van der Waals surface area contributed by atoms with Crippen LogP contribution in [0.15, 0.2) is 42.5 Å². The normalized spacial score (nSPS) is 14.7. The number of anilines is 1. The molecule has 0 unspecified atom stereocenters. The predicted molar refractivity (Wildman–Crippen MR) is 102 cm³/mol. The molecule has 1 aliphatic rings. The van der Waals surface area contributed by atoms with Crippen molar-refractivity contribution >= 4 is 17.6 Å². The summed E-state index contributed by atoms with van der Waals surface area (Å²) in [5.74, 6) is 4.54. The van der Waals surface area contributed by atoms with E-state index in [2.05, 4.69) is 4.74 Å². The van der Waals surface area contributed by atoms with Crippen LogP contribution in [-0.2, 0) is 9.53 Å². The van der Waals surface area contributed by atoms with E-state index in [4.69, 9.17) is 16.3 Å². The van der Waals surface area contributed by atoms with E-state index in [9.17, 15) is 22.8 Å². The van der Waals surface area contributed by atoms with Gasteiger partial charge in [-0.05, 0) is 48.2 Å². The van der Waals surface area contributed by atoms with E-state index >= 15 is 0 Å². The van der Waals surface area contributed by atoms with Gasteiger partial charge in [0.1, 0.15) is 5.75 Å². The molecule has 10 heteroatoms. The zero-order chi connectivity index (χ0) is 22.1. The lowest BCUT2D eigenvalue weighted by Crippen LogP contribution is -2.44. The van der Waals surface area contributed by atoms with Crippen LogP contribution in [0.4, 0.5) is 18.9 Å². The summed E-state index contributed by atoms with van der Waals surface area (Å²) in [5, 5.41) is 0.930. The molecule has 0 heterocycles. The second-order valence-corrected chi connectivity index (χ2v) is 7.08. The third-order valence-electron chi connectivity index (χ3n) is 4.91. The molecule has 2 aromatic carbocycles. The van der Waals surface area contributed by atoms with E-state index in [1.54, 1.807) is 6.07 Å². The largest absolute Gasteiger partial charge is 0.573 e. The summed E-state index contributed by atoms with van der Waals surface area (Å²) in [6, 6.07) is 9.82. The maximum absolute atomic E-state index is 12.8. The zero-order valence-corrected chi connectivity index (χ0v) is 16.0. The molecule has 0 saturated heterocycles. The van der Waals surface area contributed by atoms with Crippen LogP contribution in [-0.4, -0.2) is 36.9 Å². The Balaban J connectivity index is 1.79. The molecule has 1 aliphatic carbocycles. The highest BCUT2D eigenvalue weighted by Crippen LogP contribution is 2.47. The number of alkyl halides is 3. The lowest BCUT2D eigenvalue weighted by atomic mass is 10.0. The van der Waals surface area contributed by atoms with Crippen molar-refractivity contribution in [3.63, 3.8) is 0 Å². The Hall–Kier alpha value is -3.27. The second kappa shape index (κ2) is 7.86. The monoisotopic (exact) mass is 423 g/mol. The van der Waals surface area contributed by atoms with Gasteiger partial charge in [-0.3, -0.25) is 14.6 Å². The highest BCUT2D eigenvalue weighted by atomic mass is 19.4. The summed E-state index contributed by atoms with van der Waals surface area (Å²) in [6.07, 6.45) is -3.64. The van der Waals surface area contributed by atoms with Gasteiger partial charge in [0, 0.05) is 5.69 Å². The number of ether oxygens (including phenoxy) is 2. The number of amides is 1. The predicted octanol–water partition coefficient (Wildman–Crippen LogP) is 3.10. The second-order valence-electron chi connectivity index (χ2n) is 7.08. The molecule has 0 bridgehead atoms. The first kappa shape index (κ1) is 21.4. The van der Waals surface area contributed by atoms with Gasteiger partial charge in [-0.15, -0.1) is 13.2 Å². The number of esters is 1. The number of halogens is 3. The van der Waals surface area contributed by atoms with Gasteiger partial charge in [-0.25, -0.2) is 5.84 Å². The Morgan fingerprint density at radius 3 is 2.23 bits per heavy atom. The number of rotatable bonds is 6. The van der Waals surface area contributed by atoms with Crippen molar-refractivity contribution in [3.05, 3.63) is 48.0 Å². The number of hydrogen-bond acceptors (Lipinski definition) is 6. The number of nitrogen functional groups attached to an aromatic ring is 1. The fourth-order valence-electron chi connectivity index (χ4n) is 3.12. The smallest absolute Gasteiger partial charge is 0.469 e. The third-order valence-corrected chi connectivity index (χ3v) is 4.91. The van der Waals surface area contributed by atoms with E-state index in [1.807, 2.05) is 0 Å². The lowest BCUT2D eigenvalue weighted by molar-refractivity contribution is -0.274. The first-order valence-corrected chi connectivity index (χ1v) is 8.95. The van der Waals surface area contributed by atoms with E-state index in [0.29, 0.717) is 24.0 Å². The zero-order valence-electron chi connectivity index (χ0n) is 16.0. The third kappa shape index (κ3) is 4.65. The molecule has 7 nitrogen and oxygen atoms in total. The molecule has 1 fully saturated rings. The van der Waals surface area contributed by atoms with Gasteiger partial charge in [-0.2, -0.15) is 0 Å². The van der Waals surface area contributed by atoms with Crippen molar-refractivity contribution in [2.45, 2.75) is 19.2 Å². The van der Waals surface area contributed by atoms with Gasteiger partial charge >= 0.3 is 12.3 Å². The molecule has 0 aromatic heterocycles. The van der Waals surface area contributed by atoms with Crippen LogP contribution >= 0.6 is 0 Å². The van der Waals surface area contributed by atoms with E-state index in [1.165, 1.54) is 43.5 Å². The molecule has 1 saturated carbocycles. The van der Waals surface area contributed by atoms with Crippen molar-refractivity contribution in [1.82, 2.24) is 5.01 Å². The minimum atomic E-state index is -4.78. The number of hydrazine groups is 1. The van der Waals surface area contributed by atoms with Gasteiger partial charge in [-0.1, -0.05) is 18.2 Å². The fraction of sp³-hybridized carbons (Fsp3) is 0.300. The lowest BCUT2D eigenvalue weighted by Gasteiger charge is -2.22. The summed E-state index contributed by atoms with van der Waals surface area (Å²) in [6.45, 7) is -0.00828. The number of nitrogens with two attached hydrogens (primary N) is 2. The molecular formula is C20H20F3N3O4. The number of methoxy groups -OCH3 is 1. The summed E-state index contributed by atoms with van der Waals surface area (Å²) in [7, 11) is 1.28. The van der Waals surface area contributed by atoms with Crippen LogP contribution in [0.25, 0.3) is 11.1 Å². The highest BCUT2D eigenvalue weighted by molar-refractivity contribution is 6.00. The Morgan fingerprint density at radius 1 is 1.10 bits per heavy atom. The van der Waals surface area contributed by atoms with Crippen molar-refractivity contribution in [1.29, 1.82) is 0 Å². The maximum atomic E-state index is 12.8. The SMILES string of the molecule is COC(=O)C1(CN(N)C(=O)c2cc(-c3ccc(OC(F)(F)F)cc3)ccc2N)CC1. The molecule has 3 rings (SSSR count). The molecule has 0 aliphatic heterocycles. The van der Waals surface area contributed by atoms with Crippen LogP contribution < -0.4 is 16.3 Å². The number of carbonyl (C=O) groups excluding carboxylic acids is 2. The molecule has 4 N–H and O–H groups in total. The minimum absolute atomic E-state index is 0.00828. The van der Waals surface area contributed by atoms with Gasteiger partial charge in [0.2, 0.25) is 0 Å². The van der Waals surface area contributed by atoms with E-state index < -0.39 is 23.7 Å². The highest BCUT2D eigenvalue weighted by Gasteiger charge is 2.52. The molecule has 0 atom stereocenters. The fourth-order valence-corrected chi connectivity index (χ4v) is 3.12. The first-order chi connectivity index (χ1) is 14.0. The Labute approximate surface area is 170 Å². The molecule has 0 spiro atoms. The average molecular weight is 423 g/mol. The molecule has 2 aromatic rings.